The number of hydrogen-bond acceptors (Lipinski definition) is 4. The van der Waals surface area contributed by atoms with Gasteiger partial charge >= 0.3 is 0 Å². The molecule has 0 unspecified atom stereocenters. The zero-order valence-corrected chi connectivity index (χ0v) is 12.5. The van der Waals surface area contributed by atoms with E-state index in [0.717, 1.165) is 0 Å². The van der Waals surface area contributed by atoms with Crippen molar-refractivity contribution in [2.75, 3.05) is 5.73 Å². The van der Waals surface area contributed by atoms with E-state index in [4.69, 9.17) is 5.73 Å². The molecule has 108 valence electrons. The standard InChI is InChI=1S/C13H18N4O2S/c1-9-6-11(14)7-10(2)13(9)20(18,19)15-8-12-4-5-17(3)16-12/h4-7,15H,8,14H2,1-3H3. The lowest BCUT2D eigenvalue weighted by molar-refractivity contribution is 0.578. The van der Waals surface area contributed by atoms with Gasteiger partial charge in [-0.05, 0) is 43.2 Å². The van der Waals surface area contributed by atoms with Gasteiger partial charge in [0.1, 0.15) is 0 Å². The van der Waals surface area contributed by atoms with E-state index in [0.29, 0.717) is 22.5 Å². The number of aromatic nitrogens is 2. The topological polar surface area (TPSA) is 90.0 Å². The van der Waals surface area contributed by atoms with E-state index in [9.17, 15) is 8.42 Å². The highest BCUT2D eigenvalue weighted by Gasteiger charge is 2.20. The molecule has 7 heteroatoms. The lowest BCUT2D eigenvalue weighted by atomic mass is 10.1. The Morgan fingerprint density at radius 2 is 1.90 bits per heavy atom. The van der Waals surface area contributed by atoms with Gasteiger partial charge in [0.2, 0.25) is 10.0 Å². The number of sulfonamides is 1. The molecule has 1 aromatic heterocycles. The summed E-state index contributed by atoms with van der Waals surface area (Å²) in [6.07, 6.45) is 1.77. The fourth-order valence-corrected chi connectivity index (χ4v) is 3.65. The Hall–Kier alpha value is -1.86. The molecule has 1 aromatic carbocycles. The molecular formula is C13H18N4O2S. The maximum absolute atomic E-state index is 12.4. The number of rotatable bonds is 4. The van der Waals surface area contributed by atoms with E-state index < -0.39 is 10.0 Å². The van der Waals surface area contributed by atoms with Crippen LogP contribution in [0.15, 0.2) is 29.3 Å². The average Bonchev–Trinajstić information content (AvgIpc) is 2.71. The van der Waals surface area contributed by atoms with Crippen LogP contribution in [0.3, 0.4) is 0 Å². The van der Waals surface area contributed by atoms with Crippen molar-refractivity contribution in [3.05, 3.63) is 41.2 Å². The number of nitrogens with two attached hydrogens (primary N) is 1. The molecule has 0 radical (unpaired) electrons. The van der Waals surface area contributed by atoms with Gasteiger partial charge in [-0.15, -0.1) is 0 Å². The fourth-order valence-electron chi connectivity index (χ4n) is 2.21. The second kappa shape index (κ2) is 5.26. The second-order valence-corrected chi connectivity index (χ2v) is 6.49. The molecule has 0 amide bonds. The number of benzene rings is 1. The van der Waals surface area contributed by atoms with Crippen molar-refractivity contribution >= 4 is 15.7 Å². The zero-order chi connectivity index (χ0) is 14.9. The first-order chi connectivity index (χ1) is 9.29. The van der Waals surface area contributed by atoms with Crippen LogP contribution in [0.5, 0.6) is 0 Å². The molecule has 0 spiro atoms. The third-order valence-electron chi connectivity index (χ3n) is 2.96. The molecule has 0 fully saturated rings. The molecule has 0 aliphatic carbocycles. The third kappa shape index (κ3) is 3.00. The van der Waals surface area contributed by atoms with Gasteiger partial charge in [0.15, 0.2) is 0 Å². The van der Waals surface area contributed by atoms with Gasteiger partial charge < -0.3 is 5.73 Å². The van der Waals surface area contributed by atoms with Crippen molar-refractivity contribution < 1.29 is 8.42 Å². The molecule has 0 aliphatic heterocycles. The van der Waals surface area contributed by atoms with Gasteiger partial charge in [-0.2, -0.15) is 5.10 Å². The maximum Gasteiger partial charge on any atom is 0.241 e. The highest BCUT2D eigenvalue weighted by atomic mass is 32.2. The molecule has 6 nitrogen and oxygen atoms in total. The van der Waals surface area contributed by atoms with Gasteiger partial charge in [-0.3, -0.25) is 4.68 Å². The van der Waals surface area contributed by atoms with Crippen molar-refractivity contribution in [1.82, 2.24) is 14.5 Å². The van der Waals surface area contributed by atoms with Crippen molar-refractivity contribution in [1.29, 1.82) is 0 Å². The van der Waals surface area contributed by atoms with Crippen LogP contribution in [0, 0.1) is 13.8 Å². The normalized spacial score (nSPS) is 11.8. The Morgan fingerprint density at radius 1 is 1.30 bits per heavy atom. The fraction of sp³-hybridized carbons (Fsp3) is 0.308. The van der Waals surface area contributed by atoms with E-state index in [1.807, 2.05) is 0 Å². The smallest absolute Gasteiger partial charge is 0.241 e. The minimum absolute atomic E-state index is 0.159. The molecule has 0 atom stereocenters. The largest absolute Gasteiger partial charge is 0.399 e. The maximum atomic E-state index is 12.4. The van der Waals surface area contributed by atoms with Crippen LogP contribution >= 0.6 is 0 Å². The first-order valence-electron chi connectivity index (χ1n) is 6.14. The lowest BCUT2D eigenvalue weighted by Crippen LogP contribution is -2.25. The molecule has 20 heavy (non-hydrogen) atoms. The first-order valence-corrected chi connectivity index (χ1v) is 7.63. The van der Waals surface area contributed by atoms with Gasteiger partial charge in [0.05, 0.1) is 17.1 Å². The van der Waals surface area contributed by atoms with Crippen molar-refractivity contribution in [3.8, 4) is 0 Å². The Morgan fingerprint density at radius 3 is 2.40 bits per heavy atom. The summed E-state index contributed by atoms with van der Waals surface area (Å²) in [4.78, 5) is 0.280. The molecule has 0 aliphatic rings. The predicted molar refractivity (Wildman–Crippen MR) is 77.6 cm³/mol. The highest BCUT2D eigenvalue weighted by Crippen LogP contribution is 2.22. The third-order valence-corrected chi connectivity index (χ3v) is 4.67. The first kappa shape index (κ1) is 14.5. The number of anilines is 1. The van der Waals surface area contributed by atoms with Crippen LogP contribution < -0.4 is 10.5 Å². The number of nitrogens with one attached hydrogen (secondary N) is 1. The summed E-state index contributed by atoms with van der Waals surface area (Å²) >= 11 is 0. The number of aryl methyl sites for hydroxylation is 3. The van der Waals surface area contributed by atoms with Crippen LogP contribution in [0.25, 0.3) is 0 Å². The van der Waals surface area contributed by atoms with Gasteiger partial charge in [0, 0.05) is 18.9 Å². The Labute approximate surface area is 118 Å². The summed E-state index contributed by atoms with van der Waals surface area (Å²) in [5.74, 6) is 0. The molecular weight excluding hydrogens is 276 g/mol. The molecule has 2 aromatic rings. The summed E-state index contributed by atoms with van der Waals surface area (Å²) in [6.45, 7) is 3.63. The summed E-state index contributed by atoms with van der Waals surface area (Å²) in [5.41, 5.74) is 8.21. The monoisotopic (exact) mass is 294 g/mol. The Kier molecular flexibility index (Phi) is 3.82. The van der Waals surface area contributed by atoms with Gasteiger partial charge in [-0.25, -0.2) is 13.1 Å². The van der Waals surface area contributed by atoms with Crippen molar-refractivity contribution in [2.45, 2.75) is 25.3 Å². The molecule has 0 saturated carbocycles. The molecule has 3 N–H and O–H groups in total. The minimum atomic E-state index is -3.58. The van der Waals surface area contributed by atoms with Crippen molar-refractivity contribution in [2.24, 2.45) is 7.05 Å². The van der Waals surface area contributed by atoms with E-state index in [1.165, 1.54) is 0 Å². The molecule has 0 bridgehead atoms. The van der Waals surface area contributed by atoms with Crippen LogP contribution in [-0.4, -0.2) is 18.2 Å². The Balaban J connectivity index is 2.27. The van der Waals surface area contributed by atoms with Crippen LogP contribution in [0.1, 0.15) is 16.8 Å². The molecule has 0 saturated heterocycles. The van der Waals surface area contributed by atoms with E-state index in [2.05, 4.69) is 9.82 Å². The highest BCUT2D eigenvalue weighted by molar-refractivity contribution is 7.89. The second-order valence-electron chi connectivity index (χ2n) is 4.79. The predicted octanol–water partition coefficient (Wildman–Crippen LogP) is 1.10. The van der Waals surface area contributed by atoms with Crippen LogP contribution in [0.4, 0.5) is 5.69 Å². The SMILES string of the molecule is Cc1cc(N)cc(C)c1S(=O)(=O)NCc1ccn(C)n1. The van der Waals surface area contributed by atoms with E-state index >= 15 is 0 Å². The average molecular weight is 294 g/mol. The molecule has 2 rings (SSSR count). The summed E-state index contributed by atoms with van der Waals surface area (Å²) in [5, 5.41) is 4.14. The number of nitrogen functional groups attached to an aromatic ring is 1. The number of nitrogens with zero attached hydrogens (tertiary/aromatic N) is 2. The van der Waals surface area contributed by atoms with E-state index in [-0.39, 0.29) is 11.4 Å². The van der Waals surface area contributed by atoms with Crippen LogP contribution in [0.2, 0.25) is 0 Å². The quantitative estimate of drug-likeness (QED) is 0.826. The van der Waals surface area contributed by atoms with Gasteiger partial charge in [0.25, 0.3) is 0 Å². The lowest BCUT2D eigenvalue weighted by Gasteiger charge is -2.12. The summed E-state index contributed by atoms with van der Waals surface area (Å²) < 4.78 is 28.9. The molecule has 1 heterocycles. The summed E-state index contributed by atoms with van der Waals surface area (Å²) in [6, 6.07) is 5.08. The number of hydrogen-bond donors (Lipinski definition) is 2. The van der Waals surface area contributed by atoms with E-state index in [1.54, 1.807) is 50.0 Å². The summed E-state index contributed by atoms with van der Waals surface area (Å²) in [7, 11) is -1.80. The minimum Gasteiger partial charge on any atom is -0.399 e. The van der Waals surface area contributed by atoms with Gasteiger partial charge in [-0.1, -0.05) is 0 Å². The zero-order valence-electron chi connectivity index (χ0n) is 11.7. The van der Waals surface area contributed by atoms with Crippen molar-refractivity contribution in [3.63, 3.8) is 0 Å². The Bertz CT molecular complexity index is 712. The van der Waals surface area contributed by atoms with Crippen LogP contribution in [-0.2, 0) is 23.6 Å².